The highest BCUT2D eigenvalue weighted by molar-refractivity contribution is 7.98. The Labute approximate surface area is 222 Å². The van der Waals surface area contributed by atoms with Crippen LogP contribution in [0.4, 0.5) is 0 Å². The Balaban J connectivity index is 1.34. The third-order valence-electron chi connectivity index (χ3n) is 6.20. The van der Waals surface area contributed by atoms with Gasteiger partial charge in [0.2, 0.25) is 20.0 Å². The number of nitrogens with one attached hydrogen (secondary N) is 1. The molecule has 0 spiro atoms. The molecule has 0 radical (unpaired) electrons. The Kier molecular flexibility index (Phi) is 9.14. The first-order valence-electron chi connectivity index (χ1n) is 12.0. The third kappa shape index (κ3) is 6.65. The highest BCUT2D eigenvalue weighted by atomic mass is 32.2. The fourth-order valence-corrected chi connectivity index (χ4v) is 7.20. The molecule has 0 aliphatic carbocycles. The van der Waals surface area contributed by atoms with E-state index in [1.807, 2.05) is 6.26 Å². The van der Waals surface area contributed by atoms with Crippen LogP contribution in [0.2, 0.25) is 0 Å². The number of sulfonamides is 2. The molecule has 10 nitrogen and oxygen atoms in total. The molecule has 2 fully saturated rings. The van der Waals surface area contributed by atoms with Gasteiger partial charge in [-0.25, -0.2) is 21.6 Å². The largest absolute Gasteiger partial charge is 0.492 e. The molecule has 0 aromatic heterocycles. The van der Waals surface area contributed by atoms with Crippen LogP contribution in [0.3, 0.4) is 0 Å². The summed E-state index contributed by atoms with van der Waals surface area (Å²) in [5.74, 6) is 0.268. The lowest BCUT2D eigenvalue weighted by atomic mass is 10.2. The quantitative estimate of drug-likeness (QED) is 0.341. The van der Waals surface area contributed by atoms with E-state index in [1.54, 1.807) is 23.1 Å². The average molecular weight is 570 g/mol. The summed E-state index contributed by atoms with van der Waals surface area (Å²) >= 11 is 1.40. The molecule has 37 heavy (non-hydrogen) atoms. The third-order valence-corrected chi connectivity index (χ3v) is 10.4. The molecule has 0 unspecified atom stereocenters. The number of nitrogens with zero attached hydrogens (tertiary/aromatic N) is 2. The van der Waals surface area contributed by atoms with Gasteiger partial charge in [0.05, 0.1) is 28.6 Å². The summed E-state index contributed by atoms with van der Waals surface area (Å²) in [6, 6.07) is 10.6. The Morgan fingerprint density at radius 3 is 2.27 bits per heavy atom. The minimum absolute atomic E-state index is 0.00412. The molecule has 2 heterocycles. The number of carbonyl (C=O) groups is 1. The van der Waals surface area contributed by atoms with Crippen molar-refractivity contribution in [3.8, 4) is 5.75 Å². The first-order valence-corrected chi connectivity index (χ1v) is 16.1. The van der Waals surface area contributed by atoms with Gasteiger partial charge in [0.1, 0.15) is 12.4 Å². The van der Waals surface area contributed by atoms with Gasteiger partial charge in [0.15, 0.2) is 0 Å². The second-order valence-electron chi connectivity index (χ2n) is 8.60. The number of likely N-dealkylation sites (tertiary alicyclic amines) is 1. The number of hydrogen-bond acceptors (Lipinski definition) is 8. The number of ether oxygens (including phenoxy) is 2. The Morgan fingerprint density at radius 1 is 0.973 bits per heavy atom. The summed E-state index contributed by atoms with van der Waals surface area (Å²) in [6.07, 6.45) is 3.75. The standard InChI is InChI=1S/C24H31N3O7S3/c1-35-23-9-8-21(18-22(23)24(28)26-11-2-3-12-26)36(29,30)25-10-15-34-19-4-6-20(7-5-19)37(31,32)27-13-16-33-17-14-27/h4-9,18,25H,2-3,10-17H2,1H3. The topological polar surface area (TPSA) is 122 Å². The molecule has 4 rings (SSSR count). The average Bonchev–Trinajstić information content (AvgIpc) is 3.46. The molecule has 0 saturated carbocycles. The van der Waals surface area contributed by atoms with Crippen LogP contribution in [0.1, 0.15) is 23.2 Å². The van der Waals surface area contributed by atoms with E-state index in [0.717, 1.165) is 17.7 Å². The zero-order valence-corrected chi connectivity index (χ0v) is 23.0. The number of benzene rings is 2. The molecule has 1 N–H and O–H groups in total. The molecule has 0 atom stereocenters. The minimum atomic E-state index is -3.86. The van der Waals surface area contributed by atoms with Gasteiger partial charge in [-0.2, -0.15) is 4.31 Å². The summed E-state index contributed by atoms with van der Waals surface area (Å²) in [6.45, 7) is 2.76. The SMILES string of the molecule is CSc1ccc(S(=O)(=O)NCCOc2ccc(S(=O)(=O)N3CCOCC3)cc2)cc1C(=O)N1CCCC1. The molecule has 13 heteroatoms. The summed E-state index contributed by atoms with van der Waals surface area (Å²) < 4.78 is 65.9. The van der Waals surface area contributed by atoms with Crippen molar-refractivity contribution in [1.82, 2.24) is 13.9 Å². The van der Waals surface area contributed by atoms with Crippen molar-refractivity contribution >= 4 is 37.7 Å². The molecule has 202 valence electrons. The van der Waals surface area contributed by atoms with Gasteiger partial charge in [0, 0.05) is 37.6 Å². The first-order chi connectivity index (χ1) is 17.7. The fourth-order valence-electron chi connectivity index (χ4n) is 4.18. The van der Waals surface area contributed by atoms with Gasteiger partial charge in [0.25, 0.3) is 5.91 Å². The Bertz CT molecular complexity index is 1300. The molecular formula is C24H31N3O7S3. The minimum Gasteiger partial charge on any atom is -0.492 e. The highest BCUT2D eigenvalue weighted by Crippen LogP contribution is 2.26. The zero-order chi connectivity index (χ0) is 26.5. The smallest absolute Gasteiger partial charge is 0.255 e. The molecular weight excluding hydrogens is 538 g/mol. The van der Waals surface area contributed by atoms with E-state index in [9.17, 15) is 21.6 Å². The summed E-state index contributed by atoms with van der Waals surface area (Å²) in [5.41, 5.74) is 0.389. The predicted molar refractivity (Wildman–Crippen MR) is 140 cm³/mol. The Morgan fingerprint density at radius 2 is 1.62 bits per heavy atom. The highest BCUT2D eigenvalue weighted by Gasteiger charge is 2.27. The summed E-state index contributed by atoms with van der Waals surface area (Å²) in [4.78, 5) is 15.6. The number of thioether (sulfide) groups is 1. The number of amides is 1. The maximum absolute atomic E-state index is 12.9. The van der Waals surface area contributed by atoms with Gasteiger partial charge in [-0.3, -0.25) is 4.79 Å². The van der Waals surface area contributed by atoms with Crippen LogP contribution in [0.5, 0.6) is 5.75 Å². The second kappa shape index (κ2) is 12.1. The number of carbonyl (C=O) groups excluding carboxylic acids is 1. The van der Waals surface area contributed by atoms with E-state index < -0.39 is 20.0 Å². The molecule has 1 amide bonds. The van der Waals surface area contributed by atoms with Crippen molar-refractivity contribution in [1.29, 1.82) is 0 Å². The van der Waals surface area contributed by atoms with E-state index in [1.165, 1.54) is 40.3 Å². The zero-order valence-electron chi connectivity index (χ0n) is 20.6. The maximum Gasteiger partial charge on any atom is 0.255 e. The molecule has 2 aromatic rings. The molecule has 2 saturated heterocycles. The van der Waals surface area contributed by atoms with Crippen LogP contribution < -0.4 is 9.46 Å². The number of morpholine rings is 1. The monoisotopic (exact) mass is 569 g/mol. The van der Waals surface area contributed by atoms with Crippen molar-refractivity contribution in [2.24, 2.45) is 0 Å². The van der Waals surface area contributed by atoms with Gasteiger partial charge < -0.3 is 14.4 Å². The van der Waals surface area contributed by atoms with Crippen LogP contribution in [0.15, 0.2) is 57.2 Å². The van der Waals surface area contributed by atoms with Crippen LogP contribution in [0.25, 0.3) is 0 Å². The van der Waals surface area contributed by atoms with Crippen molar-refractivity contribution < 1.29 is 31.1 Å². The van der Waals surface area contributed by atoms with E-state index in [-0.39, 0.29) is 28.8 Å². The molecule has 2 aromatic carbocycles. The van der Waals surface area contributed by atoms with Crippen molar-refractivity contribution in [3.05, 3.63) is 48.0 Å². The van der Waals surface area contributed by atoms with Crippen molar-refractivity contribution in [2.75, 3.05) is 58.8 Å². The van der Waals surface area contributed by atoms with Gasteiger partial charge in [-0.15, -0.1) is 11.8 Å². The van der Waals surface area contributed by atoms with Crippen molar-refractivity contribution in [3.63, 3.8) is 0 Å². The van der Waals surface area contributed by atoms with Crippen LogP contribution in [-0.4, -0.2) is 90.7 Å². The van der Waals surface area contributed by atoms with Gasteiger partial charge >= 0.3 is 0 Å². The van der Waals surface area contributed by atoms with E-state index in [0.29, 0.717) is 50.7 Å². The lowest BCUT2D eigenvalue weighted by molar-refractivity contribution is 0.0730. The Hall–Kier alpha value is -2.16. The maximum atomic E-state index is 12.9. The van der Waals surface area contributed by atoms with Crippen LogP contribution >= 0.6 is 11.8 Å². The molecule has 2 aliphatic rings. The first kappa shape index (κ1) is 27.9. The normalized spacial score (nSPS) is 17.2. The van der Waals surface area contributed by atoms with E-state index in [2.05, 4.69) is 4.72 Å². The second-order valence-corrected chi connectivity index (χ2v) is 13.1. The number of rotatable bonds is 10. The van der Waals surface area contributed by atoms with Gasteiger partial charge in [-0.05, 0) is 61.6 Å². The lowest BCUT2D eigenvalue weighted by Gasteiger charge is -2.26. The van der Waals surface area contributed by atoms with Crippen molar-refractivity contribution in [2.45, 2.75) is 27.5 Å². The van der Waals surface area contributed by atoms with Crippen LogP contribution in [0, 0.1) is 0 Å². The summed E-state index contributed by atoms with van der Waals surface area (Å²) in [7, 11) is -7.46. The summed E-state index contributed by atoms with van der Waals surface area (Å²) in [5, 5.41) is 0. The lowest BCUT2D eigenvalue weighted by Crippen LogP contribution is -2.40. The van der Waals surface area contributed by atoms with E-state index in [4.69, 9.17) is 9.47 Å². The molecule has 2 aliphatic heterocycles. The van der Waals surface area contributed by atoms with E-state index >= 15 is 0 Å². The van der Waals surface area contributed by atoms with Crippen LogP contribution in [-0.2, 0) is 24.8 Å². The van der Waals surface area contributed by atoms with Gasteiger partial charge in [-0.1, -0.05) is 0 Å². The fraction of sp³-hybridized carbons (Fsp3) is 0.458. The predicted octanol–water partition coefficient (Wildman–Crippen LogP) is 2.02. The number of hydrogen-bond donors (Lipinski definition) is 1. The molecule has 0 bridgehead atoms.